The van der Waals surface area contributed by atoms with Crippen molar-refractivity contribution in [1.82, 2.24) is 15.3 Å². The van der Waals surface area contributed by atoms with Gasteiger partial charge in [-0.25, -0.2) is 19.2 Å². The Morgan fingerprint density at radius 3 is 2.47 bits per heavy atom. The Labute approximate surface area is 224 Å². The van der Waals surface area contributed by atoms with Crippen LogP contribution >= 0.6 is 0 Å². The van der Waals surface area contributed by atoms with Gasteiger partial charge in [0.1, 0.15) is 11.6 Å². The molecule has 200 valence electrons. The van der Waals surface area contributed by atoms with Crippen LogP contribution in [0.1, 0.15) is 39.3 Å². The van der Waals surface area contributed by atoms with E-state index in [1.54, 1.807) is 12.1 Å². The highest BCUT2D eigenvalue weighted by atomic mass is 32.2. The number of nitrogens with zero attached hydrogens (tertiary/aromatic N) is 3. The van der Waals surface area contributed by atoms with Gasteiger partial charge in [0.05, 0.1) is 40.5 Å². The van der Waals surface area contributed by atoms with E-state index in [2.05, 4.69) is 22.5 Å². The molecule has 3 aromatic rings. The van der Waals surface area contributed by atoms with Gasteiger partial charge in [0.2, 0.25) is 0 Å². The number of aromatic nitrogens is 2. The quantitative estimate of drug-likeness (QED) is 0.448. The number of halogens is 1. The van der Waals surface area contributed by atoms with Crippen molar-refractivity contribution >= 4 is 28.3 Å². The fourth-order valence-electron chi connectivity index (χ4n) is 4.58. The van der Waals surface area contributed by atoms with Crippen molar-refractivity contribution in [1.29, 1.82) is 0 Å². The first-order valence-electron chi connectivity index (χ1n) is 12.8. The van der Waals surface area contributed by atoms with Crippen LogP contribution in [0.25, 0.3) is 11.4 Å². The number of amides is 2. The number of carbonyl (C=O) groups excluding carboxylic acids is 1. The van der Waals surface area contributed by atoms with Crippen LogP contribution in [0.3, 0.4) is 0 Å². The molecule has 2 aromatic carbocycles. The molecule has 5 rings (SSSR count). The molecule has 38 heavy (non-hydrogen) atoms. The summed E-state index contributed by atoms with van der Waals surface area (Å²) in [6, 6.07) is 15.0. The Kier molecular flexibility index (Phi) is 7.45. The summed E-state index contributed by atoms with van der Waals surface area (Å²) in [6.07, 6.45) is 1.44. The fraction of sp³-hybridized carbons (Fsp3) is 0.393. The monoisotopic (exact) mass is 537 g/mol. The van der Waals surface area contributed by atoms with Gasteiger partial charge >= 0.3 is 6.03 Å². The molecule has 10 heteroatoms. The minimum atomic E-state index is -1.40. The minimum absolute atomic E-state index is 0.0293. The van der Waals surface area contributed by atoms with Gasteiger partial charge < -0.3 is 20.3 Å². The second-order valence-electron chi connectivity index (χ2n) is 10.1. The molecule has 2 fully saturated rings. The van der Waals surface area contributed by atoms with Gasteiger partial charge in [-0.3, -0.25) is 4.21 Å². The number of ether oxygens (including phenoxy) is 1. The zero-order chi connectivity index (χ0) is 26.9. The van der Waals surface area contributed by atoms with Crippen molar-refractivity contribution in [3.63, 3.8) is 0 Å². The van der Waals surface area contributed by atoms with Crippen LogP contribution in [0.2, 0.25) is 0 Å². The van der Waals surface area contributed by atoms with Crippen molar-refractivity contribution < 1.29 is 18.1 Å². The standard InChI is InChI=1S/C28H32FN5O3S/c1-18(2)30-27(35)31-22-8-4-20(5-9-22)26-32-24(16-25(33-26)34-14-15-37-17-19(34)3)28(12-13-28)38(36)23-10-6-21(29)7-11-23/h4-11,16,18-19H,12-15,17H2,1-3H3,(H2,30,31,35)/t19-,38?/m0/s1. The number of rotatable bonds is 7. The van der Waals surface area contributed by atoms with Crippen LogP contribution in [-0.2, 0) is 20.3 Å². The van der Waals surface area contributed by atoms with Gasteiger partial charge in [0.25, 0.3) is 0 Å². The third-order valence-corrected chi connectivity index (χ3v) is 8.78. The zero-order valence-electron chi connectivity index (χ0n) is 21.7. The summed E-state index contributed by atoms with van der Waals surface area (Å²) in [7, 11) is -1.40. The van der Waals surface area contributed by atoms with E-state index >= 15 is 0 Å². The second kappa shape index (κ2) is 10.8. The van der Waals surface area contributed by atoms with Gasteiger partial charge in [-0.1, -0.05) is 0 Å². The van der Waals surface area contributed by atoms with Crippen LogP contribution in [0.15, 0.2) is 59.5 Å². The number of urea groups is 1. The van der Waals surface area contributed by atoms with Crippen molar-refractivity contribution in [2.24, 2.45) is 0 Å². The van der Waals surface area contributed by atoms with Crippen molar-refractivity contribution in [2.45, 2.75) is 55.3 Å². The molecule has 8 nitrogen and oxygen atoms in total. The highest BCUT2D eigenvalue weighted by molar-refractivity contribution is 7.86. The number of carbonyl (C=O) groups is 1. The number of morpholine rings is 1. The molecule has 1 aliphatic heterocycles. The lowest BCUT2D eigenvalue weighted by molar-refractivity contribution is 0.0985. The van der Waals surface area contributed by atoms with Gasteiger partial charge in [-0.05, 0) is 82.1 Å². The maximum absolute atomic E-state index is 13.7. The van der Waals surface area contributed by atoms with Crippen LogP contribution in [0.5, 0.6) is 0 Å². The Bertz CT molecular complexity index is 1330. The average Bonchev–Trinajstić information content (AvgIpc) is 3.71. The molecule has 2 heterocycles. The Morgan fingerprint density at radius 1 is 1.13 bits per heavy atom. The highest BCUT2D eigenvalue weighted by Crippen LogP contribution is 2.53. The summed E-state index contributed by atoms with van der Waals surface area (Å²) in [6.45, 7) is 7.78. The highest BCUT2D eigenvalue weighted by Gasteiger charge is 2.52. The summed E-state index contributed by atoms with van der Waals surface area (Å²) in [4.78, 5) is 24.7. The molecule has 2 amide bonds. The first-order valence-corrected chi connectivity index (χ1v) is 14.0. The molecule has 0 spiro atoms. The first kappa shape index (κ1) is 26.2. The molecule has 1 saturated heterocycles. The van der Waals surface area contributed by atoms with E-state index < -0.39 is 15.5 Å². The minimum Gasteiger partial charge on any atom is -0.377 e. The van der Waals surface area contributed by atoms with Crippen molar-refractivity contribution in [3.05, 3.63) is 66.1 Å². The molecule has 1 unspecified atom stereocenters. The smallest absolute Gasteiger partial charge is 0.319 e. The Hall–Kier alpha value is -3.37. The SMILES string of the molecule is CC(C)NC(=O)Nc1ccc(-c2nc(N3CCOC[C@@H]3C)cc(C3(S(=O)c4ccc(F)cc4)CC3)n2)cc1. The number of benzene rings is 2. The van der Waals surface area contributed by atoms with E-state index in [4.69, 9.17) is 14.7 Å². The molecular weight excluding hydrogens is 505 g/mol. The average molecular weight is 538 g/mol. The third-order valence-electron chi connectivity index (χ3n) is 6.75. The molecular formula is C28H32FN5O3S. The van der Waals surface area contributed by atoms with E-state index in [9.17, 15) is 13.4 Å². The molecule has 1 saturated carbocycles. The van der Waals surface area contributed by atoms with E-state index in [1.165, 1.54) is 12.1 Å². The maximum Gasteiger partial charge on any atom is 0.319 e. The third kappa shape index (κ3) is 5.56. The lowest BCUT2D eigenvalue weighted by Gasteiger charge is -2.34. The predicted molar refractivity (Wildman–Crippen MR) is 146 cm³/mol. The topological polar surface area (TPSA) is 96.5 Å². The lowest BCUT2D eigenvalue weighted by atomic mass is 10.1. The second-order valence-corrected chi connectivity index (χ2v) is 11.9. The molecule has 1 aromatic heterocycles. The van der Waals surface area contributed by atoms with Gasteiger partial charge in [-0.2, -0.15) is 0 Å². The number of hydrogen-bond donors (Lipinski definition) is 2. The summed E-state index contributed by atoms with van der Waals surface area (Å²) in [5.41, 5.74) is 2.16. The molecule has 2 atom stereocenters. The molecule has 0 radical (unpaired) electrons. The van der Waals surface area contributed by atoms with E-state index in [1.807, 2.05) is 44.2 Å². The number of anilines is 2. The van der Waals surface area contributed by atoms with E-state index in [0.29, 0.717) is 36.2 Å². The summed E-state index contributed by atoms with van der Waals surface area (Å²) >= 11 is 0. The molecule has 0 bridgehead atoms. The normalized spacial score (nSPS) is 19.2. The van der Waals surface area contributed by atoms with Gasteiger partial charge in [0.15, 0.2) is 5.82 Å². The van der Waals surface area contributed by atoms with Gasteiger partial charge in [0, 0.05) is 34.8 Å². The number of hydrogen-bond acceptors (Lipinski definition) is 6. The summed E-state index contributed by atoms with van der Waals surface area (Å²) in [5, 5.41) is 5.63. The van der Waals surface area contributed by atoms with Gasteiger partial charge in [-0.15, -0.1) is 0 Å². The van der Waals surface area contributed by atoms with Crippen LogP contribution < -0.4 is 15.5 Å². The van der Waals surface area contributed by atoms with Crippen LogP contribution in [0, 0.1) is 5.82 Å². The Morgan fingerprint density at radius 2 is 1.84 bits per heavy atom. The summed E-state index contributed by atoms with van der Waals surface area (Å²) in [5.74, 6) is 0.932. The first-order chi connectivity index (χ1) is 18.2. The van der Waals surface area contributed by atoms with Crippen molar-refractivity contribution in [2.75, 3.05) is 30.0 Å². The van der Waals surface area contributed by atoms with Crippen molar-refractivity contribution in [3.8, 4) is 11.4 Å². The largest absolute Gasteiger partial charge is 0.377 e. The van der Waals surface area contributed by atoms with E-state index in [0.717, 1.165) is 29.9 Å². The maximum atomic E-state index is 13.7. The zero-order valence-corrected chi connectivity index (χ0v) is 22.6. The lowest BCUT2D eigenvalue weighted by Crippen LogP contribution is -2.44. The van der Waals surface area contributed by atoms with Crippen LogP contribution in [-0.4, -0.2) is 52.1 Å². The Balaban J connectivity index is 1.50. The van der Waals surface area contributed by atoms with E-state index in [-0.39, 0.29) is 23.9 Å². The molecule has 2 aliphatic rings. The molecule has 1 aliphatic carbocycles. The molecule has 2 N–H and O–H groups in total. The fourth-order valence-corrected chi connectivity index (χ4v) is 6.18. The summed E-state index contributed by atoms with van der Waals surface area (Å²) < 4.78 is 32.2. The predicted octanol–water partition coefficient (Wildman–Crippen LogP) is 4.83. The van der Waals surface area contributed by atoms with Crippen LogP contribution in [0.4, 0.5) is 20.7 Å². The number of nitrogens with one attached hydrogen (secondary N) is 2.